The third kappa shape index (κ3) is 4.60. The molecule has 168 valence electrons. The average molecular weight is 432 g/mol. The van der Waals surface area contributed by atoms with Gasteiger partial charge in [-0.3, -0.25) is 4.99 Å². The van der Waals surface area contributed by atoms with Gasteiger partial charge >= 0.3 is 5.97 Å². The van der Waals surface area contributed by atoms with Gasteiger partial charge in [-0.2, -0.15) is 0 Å². The fourth-order valence-electron chi connectivity index (χ4n) is 6.60. The van der Waals surface area contributed by atoms with Gasteiger partial charge in [-0.05, 0) is 123 Å². The van der Waals surface area contributed by atoms with Crippen molar-refractivity contribution in [2.75, 3.05) is 6.61 Å². The van der Waals surface area contributed by atoms with Crippen LogP contribution in [0.3, 0.4) is 0 Å². The molecule has 4 bridgehead atoms. The minimum atomic E-state index is -0.359. The van der Waals surface area contributed by atoms with Crippen LogP contribution in [0.5, 0.6) is 5.75 Å². The highest BCUT2D eigenvalue weighted by molar-refractivity contribution is 5.82. The Bertz CT molecular complexity index is 939. The van der Waals surface area contributed by atoms with E-state index in [9.17, 15) is 4.79 Å². The van der Waals surface area contributed by atoms with Crippen LogP contribution in [0, 0.1) is 17.8 Å². The lowest BCUT2D eigenvalue weighted by atomic mass is 9.48. The van der Waals surface area contributed by atoms with E-state index in [1.807, 2.05) is 44.3 Å². The monoisotopic (exact) mass is 431 g/mol. The standard InChI is InChI=1S/C28H33NO3/c1-19(2)32-27(30)18-31-26-9-3-20(4-10-26)17-29-25-7-5-24(6-8-25)28-14-21-11-22(15-28)13-23(12-21)16-28/h3-10,17,19,21-23H,11-16,18H2,1-2H3. The summed E-state index contributed by atoms with van der Waals surface area (Å²) in [7, 11) is 0. The number of nitrogens with zero attached hydrogens (tertiary/aromatic N) is 1. The van der Waals surface area contributed by atoms with Crippen molar-refractivity contribution < 1.29 is 14.3 Å². The van der Waals surface area contributed by atoms with Crippen molar-refractivity contribution >= 4 is 17.9 Å². The quantitative estimate of drug-likeness (QED) is 0.385. The molecule has 0 aromatic heterocycles. The van der Waals surface area contributed by atoms with E-state index < -0.39 is 0 Å². The number of carbonyl (C=O) groups is 1. The molecule has 2 aromatic rings. The summed E-state index contributed by atoms with van der Waals surface area (Å²) in [6, 6.07) is 16.6. The SMILES string of the molecule is CC(C)OC(=O)COc1ccc(C=Nc2ccc(C34CC5CC(CC(C5)C3)C4)cc2)cc1. The third-order valence-electron chi connectivity index (χ3n) is 7.48. The molecule has 4 aliphatic carbocycles. The van der Waals surface area contributed by atoms with Crippen molar-refractivity contribution in [1.82, 2.24) is 0 Å². The van der Waals surface area contributed by atoms with E-state index in [-0.39, 0.29) is 18.7 Å². The van der Waals surface area contributed by atoms with Gasteiger partial charge in [-0.15, -0.1) is 0 Å². The van der Waals surface area contributed by atoms with Crippen LogP contribution < -0.4 is 4.74 Å². The normalized spacial score (nSPS) is 28.4. The summed E-state index contributed by atoms with van der Waals surface area (Å²) >= 11 is 0. The van der Waals surface area contributed by atoms with Gasteiger partial charge in [0, 0.05) is 6.21 Å². The Labute approximate surface area is 191 Å². The number of ether oxygens (including phenoxy) is 2. The highest BCUT2D eigenvalue weighted by Gasteiger charge is 2.51. The molecule has 32 heavy (non-hydrogen) atoms. The number of aliphatic imine (C=N–C) groups is 1. The van der Waals surface area contributed by atoms with E-state index in [1.165, 1.54) is 44.1 Å². The van der Waals surface area contributed by atoms with Gasteiger partial charge in [0.05, 0.1) is 11.8 Å². The first-order valence-corrected chi connectivity index (χ1v) is 12.0. The van der Waals surface area contributed by atoms with Gasteiger partial charge in [-0.1, -0.05) is 12.1 Å². The van der Waals surface area contributed by atoms with Crippen LogP contribution in [0.4, 0.5) is 5.69 Å². The molecule has 2 aromatic carbocycles. The lowest BCUT2D eigenvalue weighted by molar-refractivity contribution is -0.149. The summed E-state index contributed by atoms with van der Waals surface area (Å²) in [5, 5.41) is 0. The summed E-state index contributed by atoms with van der Waals surface area (Å²) in [6.45, 7) is 3.56. The summed E-state index contributed by atoms with van der Waals surface area (Å²) < 4.78 is 10.6. The molecule has 4 heteroatoms. The molecule has 0 spiro atoms. The number of benzene rings is 2. The van der Waals surface area contributed by atoms with Crippen molar-refractivity contribution in [2.45, 2.75) is 63.9 Å². The first-order chi connectivity index (χ1) is 15.5. The van der Waals surface area contributed by atoms with Gasteiger partial charge in [0.1, 0.15) is 5.75 Å². The van der Waals surface area contributed by atoms with Crippen molar-refractivity contribution in [1.29, 1.82) is 0 Å². The van der Waals surface area contributed by atoms with E-state index in [2.05, 4.69) is 29.3 Å². The second-order valence-electron chi connectivity index (χ2n) is 10.4. The molecule has 0 saturated heterocycles. The number of hydrogen-bond donors (Lipinski definition) is 0. The van der Waals surface area contributed by atoms with E-state index in [0.717, 1.165) is 29.0 Å². The predicted molar refractivity (Wildman–Crippen MR) is 127 cm³/mol. The van der Waals surface area contributed by atoms with Crippen LogP contribution in [0.25, 0.3) is 0 Å². The lowest BCUT2D eigenvalue weighted by Gasteiger charge is -2.57. The van der Waals surface area contributed by atoms with Gasteiger partial charge in [-0.25, -0.2) is 4.79 Å². The maximum Gasteiger partial charge on any atom is 0.344 e. The Morgan fingerprint density at radius 2 is 1.56 bits per heavy atom. The lowest BCUT2D eigenvalue weighted by Crippen LogP contribution is -2.48. The Kier molecular flexibility index (Phi) is 5.79. The number of hydrogen-bond acceptors (Lipinski definition) is 4. The van der Waals surface area contributed by atoms with Crippen LogP contribution in [0.2, 0.25) is 0 Å². The van der Waals surface area contributed by atoms with Crippen molar-refractivity contribution in [3.8, 4) is 5.75 Å². The molecule has 0 amide bonds. The third-order valence-corrected chi connectivity index (χ3v) is 7.48. The summed E-state index contributed by atoms with van der Waals surface area (Å²) in [5.74, 6) is 3.18. The van der Waals surface area contributed by atoms with Crippen molar-refractivity contribution in [3.63, 3.8) is 0 Å². The van der Waals surface area contributed by atoms with E-state index in [0.29, 0.717) is 11.2 Å². The zero-order chi connectivity index (χ0) is 22.1. The minimum absolute atomic E-state index is 0.0817. The molecular weight excluding hydrogens is 398 g/mol. The fraction of sp³-hybridized carbons (Fsp3) is 0.500. The van der Waals surface area contributed by atoms with Crippen LogP contribution in [-0.4, -0.2) is 24.9 Å². The molecule has 0 radical (unpaired) electrons. The highest BCUT2D eigenvalue weighted by Crippen LogP contribution is 2.60. The fourth-order valence-corrected chi connectivity index (χ4v) is 6.60. The molecule has 0 N–H and O–H groups in total. The number of rotatable bonds is 7. The topological polar surface area (TPSA) is 47.9 Å². The Hall–Kier alpha value is -2.62. The number of esters is 1. The molecule has 0 aliphatic heterocycles. The zero-order valence-electron chi connectivity index (χ0n) is 19.1. The van der Waals surface area contributed by atoms with Gasteiger partial charge in [0.15, 0.2) is 6.61 Å². The number of carbonyl (C=O) groups excluding carboxylic acids is 1. The van der Waals surface area contributed by atoms with Gasteiger partial charge in [0.2, 0.25) is 0 Å². The van der Waals surface area contributed by atoms with Gasteiger partial charge in [0.25, 0.3) is 0 Å². The summed E-state index contributed by atoms with van der Waals surface area (Å²) in [4.78, 5) is 16.2. The molecule has 4 saturated carbocycles. The first-order valence-electron chi connectivity index (χ1n) is 12.0. The van der Waals surface area contributed by atoms with Crippen molar-refractivity contribution in [2.24, 2.45) is 22.7 Å². The smallest absolute Gasteiger partial charge is 0.344 e. The molecule has 0 atom stereocenters. The van der Waals surface area contributed by atoms with E-state index >= 15 is 0 Å². The van der Waals surface area contributed by atoms with E-state index in [4.69, 9.17) is 9.47 Å². The van der Waals surface area contributed by atoms with Crippen LogP contribution >= 0.6 is 0 Å². The maximum atomic E-state index is 11.6. The molecular formula is C28H33NO3. The Balaban J connectivity index is 1.19. The zero-order valence-corrected chi connectivity index (χ0v) is 19.1. The summed E-state index contributed by atoms with van der Waals surface area (Å²) in [6.07, 6.45) is 10.4. The Morgan fingerprint density at radius 1 is 0.969 bits per heavy atom. The second-order valence-corrected chi connectivity index (χ2v) is 10.4. The first kappa shape index (κ1) is 21.2. The maximum absolute atomic E-state index is 11.6. The highest BCUT2D eigenvalue weighted by atomic mass is 16.6. The summed E-state index contributed by atoms with van der Waals surface area (Å²) in [5.41, 5.74) is 3.95. The molecule has 0 heterocycles. The minimum Gasteiger partial charge on any atom is -0.482 e. The Morgan fingerprint density at radius 3 is 2.12 bits per heavy atom. The predicted octanol–water partition coefficient (Wildman–Crippen LogP) is 6.24. The van der Waals surface area contributed by atoms with Crippen LogP contribution in [-0.2, 0) is 14.9 Å². The van der Waals surface area contributed by atoms with Crippen LogP contribution in [0.15, 0.2) is 53.5 Å². The molecule has 4 aliphatic rings. The van der Waals surface area contributed by atoms with Gasteiger partial charge < -0.3 is 9.47 Å². The molecule has 4 nitrogen and oxygen atoms in total. The second kappa shape index (κ2) is 8.73. The molecule has 0 unspecified atom stereocenters. The largest absolute Gasteiger partial charge is 0.482 e. The molecule has 6 rings (SSSR count). The molecule has 4 fully saturated rings. The van der Waals surface area contributed by atoms with E-state index in [1.54, 1.807) is 0 Å². The van der Waals surface area contributed by atoms with Crippen molar-refractivity contribution in [3.05, 3.63) is 59.7 Å². The average Bonchev–Trinajstić information content (AvgIpc) is 2.76. The van der Waals surface area contributed by atoms with Crippen LogP contribution in [0.1, 0.15) is 63.5 Å².